The lowest BCUT2D eigenvalue weighted by Gasteiger charge is -2.37. The summed E-state index contributed by atoms with van der Waals surface area (Å²) in [5.41, 5.74) is 2.80. The van der Waals surface area contributed by atoms with E-state index in [1.54, 1.807) is 14.2 Å². The van der Waals surface area contributed by atoms with Crippen molar-refractivity contribution < 1.29 is 9.47 Å². The zero-order chi connectivity index (χ0) is 13.0. The summed E-state index contributed by atoms with van der Waals surface area (Å²) in [6.45, 7) is 2.89. The highest BCUT2D eigenvalue weighted by atomic mass is 16.7. The second-order valence-electron chi connectivity index (χ2n) is 5.09. The summed E-state index contributed by atoms with van der Waals surface area (Å²) in [5, 5.41) is 3.48. The molecular formula is C15H23NO2. The molecule has 18 heavy (non-hydrogen) atoms. The van der Waals surface area contributed by atoms with E-state index in [2.05, 4.69) is 36.5 Å². The predicted octanol–water partition coefficient (Wildman–Crippen LogP) is 2.45. The average molecular weight is 249 g/mol. The van der Waals surface area contributed by atoms with Crippen LogP contribution in [0.4, 0.5) is 0 Å². The fraction of sp³-hybridized carbons (Fsp3) is 0.600. The van der Waals surface area contributed by atoms with E-state index in [4.69, 9.17) is 9.47 Å². The SMILES string of the molecule is COC(CNC1CC(c2ccc(C)cc2)C1)OC. The fourth-order valence-corrected chi connectivity index (χ4v) is 2.42. The van der Waals surface area contributed by atoms with Gasteiger partial charge in [-0.25, -0.2) is 0 Å². The van der Waals surface area contributed by atoms with Gasteiger partial charge in [0.25, 0.3) is 0 Å². The highest BCUT2D eigenvalue weighted by Gasteiger charge is 2.30. The largest absolute Gasteiger partial charge is 0.355 e. The van der Waals surface area contributed by atoms with Crippen LogP contribution in [0, 0.1) is 6.92 Å². The van der Waals surface area contributed by atoms with Crippen molar-refractivity contribution >= 4 is 0 Å². The third-order valence-corrected chi connectivity index (χ3v) is 3.79. The summed E-state index contributed by atoms with van der Waals surface area (Å²) in [6.07, 6.45) is 2.29. The van der Waals surface area contributed by atoms with Crippen LogP contribution in [-0.4, -0.2) is 33.1 Å². The lowest BCUT2D eigenvalue weighted by Crippen LogP contribution is -2.44. The number of aryl methyl sites for hydroxylation is 1. The van der Waals surface area contributed by atoms with E-state index in [0.717, 1.165) is 6.54 Å². The van der Waals surface area contributed by atoms with Gasteiger partial charge in [0.05, 0.1) is 0 Å². The van der Waals surface area contributed by atoms with E-state index in [-0.39, 0.29) is 6.29 Å². The van der Waals surface area contributed by atoms with Crippen LogP contribution in [-0.2, 0) is 9.47 Å². The predicted molar refractivity (Wildman–Crippen MR) is 72.8 cm³/mol. The third kappa shape index (κ3) is 3.31. The maximum absolute atomic E-state index is 5.16. The van der Waals surface area contributed by atoms with Gasteiger partial charge in [0, 0.05) is 26.8 Å². The molecule has 0 atom stereocenters. The lowest BCUT2D eigenvalue weighted by molar-refractivity contribution is -0.101. The molecule has 1 aromatic rings. The van der Waals surface area contributed by atoms with Crippen molar-refractivity contribution in [1.82, 2.24) is 5.32 Å². The van der Waals surface area contributed by atoms with Crippen molar-refractivity contribution in [3.8, 4) is 0 Å². The molecule has 3 nitrogen and oxygen atoms in total. The number of ether oxygens (including phenoxy) is 2. The quantitative estimate of drug-likeness (QED) is 0.786. The van der Waals surface area contributed by atoms with Gasteiger partial charge >= 0.3 is 0 Å². The Kier molecular flexibility index (Phi) is 4.75. The fourth-order valence-electron chi connectivity index (χ4n) is 2.42. The molecule has 1 aromatic carbocycles. The van der Waals surface area contributed by atoms with Crippen molar-refractivity contribution in [2.45, 2.75) is 38.0 Å². The van der Waals surface area contributed by atoms with Gasteiger partial charge in [-0.2, -0.15) is 0 Å². The number of benzene rings is 1. The molecule has 1 aliphatic rings. The second-order valence-corrected chi connectivity index (χ2v) is 5.09. The summed E-state index contributed by atoms with van der Waals surface area (Å²) in [5.74, 6) is 0.714. The Morgan fingerprint density at radius 1 is 1.17 bits per heavy atom. The van der Waals surface area contributed by atoms with Crippen molar-refractivity contribution in [1.29, 1.82) is 0 Å². The van der Waals surface area contributed by atoms with E-state index in [1.165, 1.54) is 24.0 Å². The van der Waals surface area contributed by atoms with Crippen LogP contribution in [0.25, 0.3) is 0 Å². The maximum Gasteiger partial charge on any atom is 0.169 e. The van der Waals surface area contributed by atoms with E-state index in [0.29, 0.717) is 12.0 Å². The highest BCUT2D eigenvalue weighted by Crippen LogP contribution is 2.36. The summed E-state index contributed by atoms with van der Waals surface area (Å²) >= 11 is 0. The van der Waals surface area contributed by atoms with Crippen LogP contribution < -0.4 is 5.32 Å². The van der Waals surface area contributed by atoms with Crippen LogP contribution in [0.15, 0.2) is 24.3 Å². The Labute approximate surface area is 109 Å². The monoisotopic (exact) mass is 249 g/mol. The van der Waals surface area contributed by atoms with Gasteiger partial charge in [-0.05, 0) is 31.2 Å². The molecule has 0 saturated heterocycles. The molecule has 100 valence electrons. The molecule has 0 bridgehead atoms. The molecule has 1 fully saturated rings. The highest BCUT2D eigenvalue weighted by molar-refractivity contribution is 5.26. The van der Waals surface area contributed by atoms with Crippen LogP contribution in [0.5, 0.6) is 0 Å². The van der Waals surface area contributed by atoms with Gasteiger partial charge in [0.1, 0.15) is 0 Å². The number of rotatable bonds is 6. The van der Waals surface area contributed by atoms with Gasteiger partial charge in [-0.1, -0.05) is 29.8 Å². The Hall–Kier alpha value is -0.900. The van der Waals surface area contributed by atoms with Crippen molar-refractivity contribution in [2.24, 2.45) is 0 Å². The van der Waals surface area contributed by atoms with Crippen LogP contribution in [0.3, 0.4) is 0 Å². The molecule has 0 aromatic heterocycles. The normalized spacial score (nSPS) is 23.1. The first-order valence-electron chi connectivity index (χ1n) is 6.58. The third-order valence-electron chi connectivity index (χ3n) is 3.79. The van der Waals surface area contributed by atoms with Crippen molar-refractivity contribution in [2.75, 3.05) is 20.8 Å². The zero-order valence-corrected chi connectivity index (χ0v) is 11.5. The van der Waals surface area contributed by atoms with E-state index < -0.39 is 0 Å². The van der Waals surface area contributed by atoms with E-state index >= 15 is 0 Å². The summed E-state index contributed by atoms with van der Waals surface area (Å²) in [7, 11) is 3.34. The molecule has 0 unspecified atom stereocenters. The summed E-state index contributed by atoms with van der Waals surface area (Å²) in [6, 6.07) is 9.50. The molecule has 2 rings (SSSR count). The molecule has 0 heterocycles. The maximum atomic E-state index is 5.16. The minimum atomic E-state index is -0.136. The minimum absolute atomic E-state index is 0.136. The molecule has 0 spiro atoms. The molecule has 0 amide bonds. The average Bonchev–Trinajstić information content (AvgIpc) is 2.34. The van der Waals surface area contributed by atoms with E-state index in [9.17, 15) is 0 Å². The molecule has 1 N–H and O–H groups in total. The summed E-state index contributed by atoms with van der Waals surface area (Å²) < 4.78 is 10.3. The lowest BCUT2D eigenvalue weighted by atomic mass is 9.76. The molecule has 0 aliphatic heterocycles. The standard InChI is InChI=1S/C15H23NO2/c1-11-4-6-12(7-5-11)13-8-14(9-13)16-10-15(17-2)18-3/h4-7,13-16H,8-10H2,1-3H3. The van der Waals surface area contributed by atoms with Gasteiger partial charge in [0.15, 0.2) is 6.29 Å². The first-order valence-corrected chi connectivity index (χ1v) is 6.58. The van der Waals surface area contributed by atoms with Crippen molar-refractivity contribution in [3.05, 3.63) is 35.4 Å². The number of nitrogens with one attached hydrogen (secondary N) is 1. The van der Waals surface area contributed by atoms with Crippen molar-refractivity contribution in [3.63, 3.8) is 0 Å². The number of methoxy groups -OCH3 is 2. The number of hydrogen-bond acceptors (Lipinski definition) is 3. The Bertz CT molecular complexity index is 353. The Morgan fingerprint density at radius 2 is 1.78 bits per heavy atom. The van der Waals surface area contributed by atoms with Gasteiger partial charge in [0.2, 0.25) is 0 Å². The minimum Gasteiger partial charge on any atom is -0.355 e. The smallest absolute Gasteiger partial charge is 0.169 e. The Balaban J connectivity index is 1.72. The van der Waals surface area contributed by atoms with E-state index in [1.807, 2.05) is 0 Å². The van der Waals surface area contributed by atoms with Gasteiger partial charge in [-0.15, -0.1) is 0 Å². The van der Waals surface area contributed by atoms with Crippen LogP contribution >= 0.6 is 0 Å². The first-order chi connectivity index (χ1) is 8.72. The van der Waals surface area contributed by atoms with Crippen LogP contribution in [0.1, 0.15) is 29.9 Å². The molecule has 0 radical (unpaired) electrons. The summed E-state index contributed by atoms with van der Waals surface area (Å²) in [4.78, 5) is 0. The molecule has 1 saturated carbocycles. The molecular weight excluding hydrogens is 226 g/mol. The second kappa shape index (κ2) is 6.32. The molecule has 3 heteroatoms. The zero-order valence-electron chi connectivity index (χ0n) is 11.5. The van der Waals surface area contributed by atoms with Crippen LogP contribution in [0.2, 0.25) is 0 Å². The van der Waals surface area contributed by atoms with Gasteiger partial charge < -0.3 is 14.8 Å². The first kappa shape index (κ1) is 13.5. The van der Waals surface area contributed by atoms with Gasteiger partial charge in [-0.3, -0.25) is 0 Å². The Morgan fingerprint density at radius 3 is 2.33 bits per heavy atom. The number of hydrogen-bond donors (Lipinski definition) is 1. The molecule has 1 aliphatic carbocycles. The topological polar surface area (TPSA) is 30.5 Å².